The lowest BCUT2D eigenvalue weighted by Gasteiger charge is -2.47. The summed E-state index contributed by atoms with van der Waals surface area (Å²) in [7, 11) is 0. The lowest BCUT2D eigenvalue weighted by molar-refractivity contribution is 0.0197. The van der Waals surface area contributed by atoms with Crippen LogP contribution in [0.25, 0.3) is 0 Å². The van der Waals surface area contributed by atoms with Crippen molar-refractivity contribution >= 4 is 11.6 Å². The molecule has 0 aromatic carbocycles. The number of morpholine rings is 1. The molecular formula is C19H29F2N5O. The van der Waals surface area contributed by atoms with Crippen LogP contribution in [0.5, 0.6) is 0 Å². The van der Waals surface area contributed by atoms with Gasteiger partial charge in [-0.3, -0.25) is 8.78 Å². The summed E-state index contributed by atoms with van der Waals surface area (Å²) >= 11 is 0. The highest BCUT2D eigenvalue weighted by molar-refractivity contribution is 5.50. The van der Waals surface area contributed by atoms with Crippen molar-refractivity contribution in [2.24, 2.45) is 5.41 Å². The van der Waals surface area contributed by atoms with E-state index in [0.29, 0.717) is 18.9 Å². The summed E-state index contributed by atoms with van der Waals surface area (Å²) in [5.41, 5.74) is -0.717. The van der Waals surface area contributed by atoms with Crippen LogP contribution in [0.2, 0.25) is 0 Å². The molecular weight excluding hydrogens is 352 g/mol. The van der Waals surface area contributed by atoms with E-state index in [0.717, 1.165) is 63.9 Å². The van der Waals surface area contributed by atoms with Crippen LogP contribution in [-0.2, 0) is 4.74 Å². The minimum atomic E-state index is -0.717. The number of halogens is 2. The van der Waals surface area contributed by atoms with E-state index in [4.69, 9.17) is 4.74 Å². The molecule has 8 heteroatoms. The second-order valence-electron chi connectivity index (χ2n) is 8.16. The van der Waals surface area contributed by atoms with Gasteiger partial charge in [0.15, 0.2) is 0 Å². The van der Waals surface area contributed by atoms with E-state index >= 15 is 0 Å². The van der Waals surface area contributed by atoms with Crippen molar-refractivity contribution in [2.45, 2.75) is 37.8 Å². The molecule has 0 amide bonds. The van der Waals surface area contributed by atoms with Crippen molar-refractivity contribution in [1.82, 2.24) is 15.3 Å². The standard InChI is InChI=1S/C19H29F2N5O/c20-12-19(13-21)9-16(10-19)24-15-2-1-3-26(11-15)18-8-17(22-14-23-18)25-4-6-27-7-5-25/h8,14-16,24H,1-7,9-13H2. The molecule has 1 N–H and O–H groups in total. The zero-order valence-electron chi connectivity index (χ0n) is 15.7. The highest BCUT2D eigenvalue weighted by Crippen LogP contribution is 2.42. The topological polar surface area (TPSA) is 53.5 Å². The van der Waals surface area contributed by atoms with Gasteiger partial charge in [-0.05, 0) is 25.7 Å². The summed E-state index contributed by atoms with van der Waals surface area (Å²) in [6.07, 6.45) is 5.02. The zero-order chi connectivity index (χ0) is 18.7. The monoisotopic (exact) mass is 381 g/mol. The Morgan fingerprint density at radius 3 is 2.44 bits per heavy atom. The molecule has 27 heavy (non-hydrogen) atoms. The molecule has 0 radical (unpaired) electrons. The third-order valence-electron chi connectivity index (χ3n) is 6.12. The molecule has 3 aliphatic rings. The van der Waals surface area contributed by atoms with Gasteiger partial charge < -0.3 is 19.9 Å². The molecule has 1 unspecified atom stereocenters. The largest absolute Gasteiger partial charge is 0.378 e. The summed E-state index contributed by atoms with van der Waals surface area (Å²) in [6.45, 7) is 3.91. The average Bonchev–Trinajstić information content (AvgIpc) is 2.71. The fourth-order valence-corrected chi connectivity index (χ4v) is 4.49. The molecule has 0 spiro atoms. The first-order chi connectivity index (χ1) is 13.2. The van der Waals surface area contributed by atoms with Gasteiger partial charge in [0, 0.05) is 49.7 Å². The molecule has 1 atom stereocenters. The van der Waals surface area contributed by atoms with Crippen molar-refractivity contribution in [2.75, 3.05) is 62.5 Å². The molecule has 1 aliphatic carbocycles. The number of hydrogen-bond donors (Lipinski definition) is 1. The lowest BCUT2D eigenvalue weighted by Crippen LogP contribution is -2.57. The van der Waals surface area contributed by atoms with Gasteiger partial charge in [-0.2, -0.15) is 0 Å². The smallest absolute Gasteiger partial charge is 0.134 e. The van der Waals surface area contributed by atoms with Crippen molar-refractivity contribution < 1.29 is 13.5 Å². The van der Waals surface area contributed by atoms with E-state index in [9.17, 15) is 8.78 Å². The van der Waals surface area contributed by atoms with E-state index in [1.807, 2.05) is 0 Å². The molecule has 3 fully saturated rings. The molecule has 6 nitrogen and oxygen atoms in total. The molecule has 0 bridgehead atoms. The van der Waals surface area contributed by atoms with Crippen LogP contribution in [-0.4, -0.2) is 74.8 Å². The van der Waals surface area contributed by atoms with E-state index < -0.39 is 18.8 Å². The fourth-order valence-electron chi connectivity index (χ4n) is 4.49. The van der Waals surface area contributed by atoms with Gasteiger partial charge in [-0.25, -0.2) is 9.97 Å². The van der Waals surface area contributed by atoms with E-state index in [1.54, 1.807) is 6.33 Å². The van der Waals surface area contributed by atoms with Crippen LogP contribution in [0.4, 0.5) is 20.4 Å². The molecule has 150 valence electrons. The molecule has 1 saturated carbocycles. The molecule has 3 heterocycles. The highest BCUT2D eigenvalue weighted by atomic mass is 19.1. The predicted octanol–water partition coefficient (Wildman–Crippen LogP) is 1.96. The van der Waals surface area contributed by atoms with Crippen molar-refractivity contribution in [3.05, 3.63) is 12.4 Å². The third-order valence-corrected chi connectivity index (χ3v) is 6.12. The van der Waals surface area contributed by atoms with E-state index in [1.165, 1.54) is 0 Å². The molecule has 2 aliphatic heterocycles. The summed E-state index contributed by atoms with van der Waals surface area (Å²) in [5, 5.41) is 3.61. The Balaban J connectivity index is 1.34. The van der Waals surface area contributed by atoms with Crippen LogP contribution in [0.1, 0.15) is 25.7 Å². The Morgan fingerprint density at radius 2 is 1.74 bits per heavy atom. The molecule has 4 rings (SSSR count). The highest BCUT2D eigenvalue weighted by Gasteiger charge is 2.45. The Labute approximate surface area is 159 Å². The predicted molar refractivity (Wildman–Crippen MR) is 101 cm³/mol. The normalized spacial score (nSPS) is 26.1. The minimum absolute atomic E-state index is 0.232. The minimum Gasteiger partial charge on any atom is -0.378 e. The molecule has 1 aromatic rings. The number of nitrogens with one attached hydrogen (secondary N) is 1. The maximum Gasteiger partial charge on any atom is 0.134 e. The summed E-state index contributed by atoms with van der Waals surface area (Å²) < 4.78 is 31.5. The maximum atomic E-state index is 13.0. The number of alkyl halides is 2. The number of piperidine rings is 1. The van der Waals surface area contributed by atoms with Crippen molar-refractivity contribution in [1.29, 1.82) is 0 Å². The Morgan fingerprint density at radius 1 is 1.04 bits per heavy atom. The fraction of sp³-hybridized carbons (Fsp3) is 0.789. The van der Waals surface area contributed by atoms with Gasteiger partial charge in [-0.15, -0.1) is 0 Å². The van der Waals surface area contributed by atoms with Crippen LogP contribution in [0.15, 0.2) is 12.4 Å². The van der Waals surface area contributed by atoms with Gasteiger partial charge >= 0.3 is 0 Å². The second kappa shape index (κ2) is 8.22. The quantitative estimate of drug-likeness (QED) is 0.813. The Hall–Kier alpha value is -1.54. The SMILES string of the molecule is FCC1(CF)CC(NC2CCCN(c3cc(N4CCOCC4)ncn3)C2)C1. The number of rotatable bonds is 6. The van der Waals surface area contributed by atoms with Gasteiger partial charge in [0.05, 0.1) is 26.6 Å². The van der Waals surface area contributed by atoms with Crippen LogP contribution < -0.4 is 15.1 Å². The van der Waals surface area contributed by atoms with Gasteiger partial charge in [-0.1, -0.05) is 0 Å². The van der Waals surface area contributed by atoms with Crippen LogP contribution in [0, 0.1) is 5.41 Å². The summed E-state index contributed by atoms with van der Waals surface area (Å²) in [5.74, 6) is 1.90. The number of aromatic nitrogens is 2. The number of anilines is 2. The van der Waals surface area contributed by atoms with E-state index in [2.05, 4.69) is 31.2 Å². The maximum absolute atomic E-state index is 13.0. The molecule has 1 aromatic heterocycles. The number of nitrogens with zero attached hydrogens (tertiary/aromatic N) is 4. The van der Waals surface area contributed by atoms with Crippen LogP contribution >= 0.6 is 0 Å². The average molecular weight is 381 g/mol. The van der Waals surface area contributed by atoms with E-state index in [-0.39, 0.29) is 6.04 Å². The summed E-state index contributed by atoms with van der Waals surface area (Å²) in [6, 6.07) is 2.63. The summed E-state index contributed by atoms with van der Waals surface area (Å²) in [4.78, 5) is 13.4. The molecule has 2 saturated heterocycles. The van der Waals surface area contributed by atoms with Gasteiger partial charge in [0.1, 0.15) is 18.0 Å². The first-order valence-corrected chi connectivity index (χ1v) is 9.99. The first kappa shape index (κ1) is 18.8. The second-order valence-corrected chi connectivity index (χ2v) is 8.16. The third kappa shape index (κ3) is 4.16. The van der Waals surface area contributed by atoms with Crippen molar-refractivity contribution in [3.8, 4) is 0 Å². The Kier molecular flexibility index (Phi) is 5.73. The van der Waals surface area contributed by atoms with Gasteiger partial charge in [0.25, 0.3) is 0 Å². The van der Waals surface area contributed by atoms with Crippen LogP contribution in [0.3, 0.4) is 0 Å². The zero-order valence-corrected chi connectivity index (χ0v) is 15.7. The number of hydrogen-bond acceptors (Lipinski definition) is 6. The van der Waals surface area contributed by atoms with Gasteiger partial charge in [0.2, 0.25) is 0 Å². The first-order valence-electron chi connectivity index (χ1n) is 9.99. The van der Waals surface area contributed by atoms with Crippen molar-refractivity contribution in [3.63, 3.8) is 0 Å². The Bertz CT molecular complexity index is 616. The lowest BCUT2D eigenvalue weighted by atomic mass is 9.67. The number of ether oxygens (including phenoxy) is 1.